The van der Waals surface area contributed by atoms with Gasteiger partial charge in [0.05, 0.1) is 12.2 Å². The summed E-state index contributed by atoms with van der Waals surface area (Å²) in [6.45, 7) is 1.42. The van der Waals surface area contributed by atoms with Gasteiger partial charge in [0.1, 0.15) is 5.92 Å². The summed E-state index contributed by atoms with van der Waals surface area (Å²) in [6, 6.07) is 9.11. The fourth-order valence-corrected chi connectivity index (χ4v) is 4.42. The Bertz CT molecular complexity index is 1200. The van der Waals surface area contributed by atoms with E-state index >= 15 is 0 Å². The normalized spacial score (nSPS) is 21.2. The van der Waals surface area contributed by atoms with E-state index in [0.717, 1.165) is 5.56 Å². The highest BCUT2D eigenvalue weighted by Gasteiger charge is 2.47. The van der Waals surface area contributed by atoms with Crippen LogP contribution < -0.4 is 0 Å². The van der Waals surface area contributed by atoms with E-state index in [0.29, 0.717) is 6.54 Å². The van der Waals surface area contributed by atoms with Crippen LogP contribution in [0, 0.1) is 35.0 Å². The summed E-state index contributed by atoms with van der Waals surface area (Å²) in [5, 5.41) is 9.71. The summed E-state index contributed by atoms with van der Waals surface area (Å²) in [7, 11) is 0. The number of carboxylic acids is 1. The zero-order chi connectivity index (χ0) is 24.0. The third-order valence-electron chi connectivity index (χ3n) is 5.83. The standard InChI is InChI=1S/C23H17F5N2O3/c1-10-14(23(32)33)16(17-18(24)20(26)22(28)21(27)19(17)25)15-12(29-10)8-30(9-13(15)31)7-11-5-3-2-4-6-11/h2-6,14,16H,7-9H2,1H3,(H,32,33). The van der Waals surface area contributed by atoms with E-state index in [-0.39, 0.29) is 30.1 Å². The van der Waals surface area contributed by atoms with Crippen LogP contribution in [0.3, 0.4) is 0 Å². The minimum absolute atomic E-state index is 0.0333. The molecule has 1 N–H and O–H groups in total. The molecule has 0 aliphatic carbocycles. The largest absolute Gasteiger partial charge is 0.481 e. The van der Waals surface area contributed by atoms with Crippen molar-refractivity contribution in [3.05, 3.63) is 81.8 Å². The predicted octanol–water partition coefficient (Wildman–Crippen LogP) is 3.98. The number of ketones is 1. The average Bonchev–Trinajstić information content (AvgIpc) is 2.76. The molecule has 0 aromatic heterocycles. The Morgan fingerprint density at radius 1 is 1.00 bits per heavy atom. The van der Waals surface area contributed by atoms with E-state index in [1.165, 1.54) is 6.92 Å². The minimum atomic E-state index is -2.36. The van der Waals surface area contributed by atoms with Crippen molar-refractivity contribution in [3.8, 4) is 0 Å². The van der Waals surface area contributed by atoms with Crippen LogP contribution in [0.2, 0.25) is 0 Å². The van der Waals surface area contributed by atoms with E-state index in [1.807, 2.05) is 30.3 Å². The molecule has 0 amide bonds. The number of Topliss-reactive ketones (excluding diaryl/α,β-unsaturated/α-hetero) is 1. The van der Waals surface area contributed by atoms with Gasteiger partial charge in [0.2, 0.25) is 5.82 Å². The van der Waals surface area contributed by atoms with Crippen LogP contribution >= 0.6 is 0 Å². The van der Waals surface area contributed by atoms with Crippen molar-refractivity contribution in [2.45, 2.75) is 19.4 Å². The molecule has 2 aliphatic rings. The van der Waals surface area contributed by atoms with Gasteiger partial charge in [-0.1, -0.05) is 30.3 Å². The highest BCUT2D eigenvalue weighted by atomic mass is 19.2. The van der Waals surface area contributed by atoms with Crippen LogP contribution in [-0.2, 0) is 16.1 Å². The first-order chi connectivity index (χ1) is 15.6. The second kappa shape index (κ2) is 8.51. The van der Waals surface area contributed by atoms with Gasteiger partial charge < -0.3 is 5.11 Å². The maximum absolute atomic E-state index is 14.7. The van der Waals surface area contributed by atoms with Crippen LogP contribution in [-0.4, -0.2) is 40.6 Å². The number of benzene rings is 2. The van der Waals surface area contributed by atoms with Gasteiger partial charge in [-0.15, -0.1) is 0 Å². The molecule has 5 nitrogen and oxygen atoms in total. The minimum Gasteiger partial charge on any atom is -0.481 e. The molecule has 10 heteroatoms. The van der Waals surface area contributed by atoms with Crippen molar-refractivity contribution < 1.29 is 36.6 Å². The van der Waals surface area contributed by atoms with Gasteiger partial charge in [-0.05, 0) is 12.5 Å². The lowest BCUT2D eigenvalue weighted by atomic mass is 9.73. The van der Waals surface area contributed by atoms with Crippen LogP contribution in [0.1, 0.15) is 24.0 Å². The third kappa shape index (κ3) is 3.84. The third-order valence-corrected chi connectivity index (χ3v) is 5.83. The zero-order valence-corrected chi connectivity index (χ0v) is 17.2. The Balaban J connectivity index is 1.86. The number of carbonyl (C=O) groups is 2. The van der Waals surface area contributed by atoms with Crippen LogP contribution in [0.15, 0.2) is 46.6 Å². The Kier molecular flexibility index (Phi) is 5.87. The number of carbonyl (C=O) groups excluding carboxylic acids is 1. The van der Waals surface area contributed by atoms with E-state index in [2.05, 4.69) is 4.99 Å². The first kappa shape index (κ1) is 22.8. The van der Waals surface area contributed by atoms with Gasteiger partial charge in [-0.25, -0.2) is 22.0 Å². The maximum Gasteiger partial charge on any atom is 0.313 e. The summed E-state index contributed by atoms with van der Waals surface area (Å²) >= 11 is 0. The number of carboxylic acid groups (broad SMARTS) is 1. The molecule has 2 aromatic carbocycles. The van der Waals surface area contributed by atoms with Crippen molar-refractivity contribution in [3.63, 3.8) is 0 Å². The molecule has 33 heavy (non-hydrogen) atoms. The van der Waals surface area contributed by atoms with Gasteiger partial charge in [0, 0.05) is 35.9 Å². The fraction of sp³-hybridized carbons (Fsp3) is 0.261. The number of aliphatic carboxylic acids is 1. The zero-order valence-electron chi connectivity index (χ0n) is 17.2. The summed E-state index contributed by atoms with van der Waals surface area (Å²) in [4.78, 5) is 30.9. The number of hydrogen-bond donors (Lipinski definition) is 1. The van der Waals surface area contributed by atoms with Gasteiger partial charge in [0.25, 0.3) is 0 Å². The number of hydrogen-bond acceptors (Lipinski definition) is 4. The summed E-state index contributed by atoms with van der Waals surface area (Å²) < 4.78 is 70.9. The molecular formula is C23H17F5N2O3. The van der Waals surface area contributed by atoms with E-state index in [9.17, 15) is 36.6 Å². The lowest BCUT2D eigenvalue weighted by Crippen LogP contribution is -2.44. The van der Waals surface area contributed by atoms with Crippen LogP contribution in [0.25, 0.3) is 0 Å². The van der Waals surface area contributed by atoms with E-state index in [1.54, 1.807) is 4.90 Å². The SMILES string of the molecule is CC1=NC2=C(C(=O)CN(Cc3ccccc3)C2)C(c2c(F)c(F)c(F)c(F)c2F)C1C(=O)O. The highest BCUT2D eigenvalue weighted by molar-refractivity contribution is 6.09. The molecule has 172 valence electrons. The Morgan fingerprint density at radius 2 is 1.58 bits per heavy atom. The second-order valence-corrected chi connectivity index (χ2v) is 7.94. The van der Waals surface area contributed by atoms with Crippen LogP contribution in [0.4, 0.5) is 22.0 Å². The Labute approximate surface area is 184 Å². The Hall–Kier alpha value is -3.40. The number of nitrogens with zero attached hydrogens (tertiary/aromatic N) is 2. The lowest BCUT2D eigenvalue weighted by molar-refractivity contribution is -0.139. The van der Waals surface area contributed by atoms with E-state index in [4.69, 9.17) is 0 Å². The molecule has 2 heterocycles. The number of aliphatic imine (C=N–C) groups is 1. The van der Waals surface area contributed by atoms with Gasteiger partial charge in [-0.2, -0.15) is 0 Å². The molecule has 2 aliphatic heterocycles. The van der Waals surface area contributed by atoms with Crippen molar-refractivity contribution >= 4 is 17.5 Å². The molecule has 0 radical (unpaired) electrons. The quantitative estimate of drug-likeness (QED) is 0.422. The smallest absolute Gasteiger partial charge is 0.313 e. The maximum atomic E-state index is 14.7. The van der Waals surface area contributed by atoms with Crippen molar-refractivity contribution in [2.75, 3.05) is 13.1 Å². The van der Waals surface area contributed by atoms with Gasteiger partial charge in [0.15, 0.2) is 29.1 Å². The summed E-state index contributed by atoms with van der Waals surface area (Å²) in [5.74, 6) is -17.1. The summed E-state index contributed by atoms with van der Waals surface area (Å²) in [6.07, 6.45) is 0. The molecule has 2 unspecified atom stereocenters. The number of halogens is 5. The van der Waals surface area contributed by atoms with Crippen LogP contribution in [0.5, 0.6) is 0 Å². The highest BCUT2D eigenvalue weighted by Crippen LogP contribution is 2.44. The Morgan fingerprint density at radius 3 is 2.15 bits per heavy atom. The molecule has 2 aromatic rings. The van der Waals surface area contributed by atoms with Crippen molar-refractivity contribution in [2.24, 2.45) is 10.9 Å². The van der Waals surface area contributed by atoms with Crippen molar-refractivity contribution in [1.29, 1.82) is 0 Å². The molecular weight excluding hydrogens is 447 g/mol. The van der Waals surface area contributed by atoms with Gasteiger partial charge in [-0.3, -0.25) is 19.5 Å². The number of rotatable bonds is 4. The fourth-order valence-electron chi connectivity index (χ4n) is 4.42. The topological polar surface area (TPSA) is 70.0 Å². The van der Waals surface area contributed by atoms with Crippen molar-refractivity contribution in [1.82, 2.24) is 4.90 Å². The second-order valence-electron chi connectivity index (χ2n) is 7.94. The molecule has 4 rings (SSSR count). The monoisotopic (exact) mass is 464 g/mol. The molecule has 2 atom stereocenters. The van der Waals surface area contributed by atoms with E-state index < -0.39 is 58.2 Å². The summed E-state index contributed by atoms with van der Waals surface area (Å²) in [5.41, 5.74) is -0.868. The molecule has 0 fully saturated rings. The first-order valence-electron chi connectivity index (χ1n) is 9.93. The molecule has 0 bridgehead atoms. The lowest BCUT2D eigenvalue weighted by Gasteiger charge is -2.37. The average molecular weight is 464 g/mol. The van der Waals surface area contributed by atoms with Gasteiger partial charge >= 0.3 is 5.97 Å². The first-order valence-corrected chi connectivity index (χ1v) is 9.93. The predicted molar refractivity (Wildman–Crippen MR) is 107 cm³/mol. The molecule has 0 spiro atoms. The molecule has 0 saturated carbocycles. The molecule has 0 saturated heterocycles.